The molecule has 108 valence electrons. The number of rotatable bonds is 6. The maximum absolute atomic E-state index is 5.65. The van der Waals surface area contributed by atoms with Crippen LogP contribution in [-0.2, 0) is 6.54 Å². The van der Waals surface area contributed by atoms with E-state index in [1.54, 1.807) is 7.11 Å². The largest absolute Gasteiger partial charge is 0.493 e. The first kappa shape index (κ1) is 14.7. The summed E-state index contributed by atoms with van der Waals surface area (Å²) < 4.78 is 11.0. The predicted molar refractivity (Wildman–Crippen MR) is 81.0 cm³/mol. The van der Waals surface area contributed by atoms with Gasteiger partial charge in [-0.2, -0.15) is 0 Å². The van der Waals surface area contributed by atoms with Gasteiger partial charge in [0.05, 0.1) is 7.11 Å². The lowest BCUT2D eigenvalue weighted by Gasteiger charge is -2.23. The fourth-order valence-corrected chi connectivity index (χ4v) is 2.70. The number of para-hydroxylation sites is 1. The van der Waals surface area contributed by atoms with Crippen molar-refractivity contribution in [3.63, 3.8) is 0 Å². The summed E-state index contributed by atoms with van der Waals surface area (Å²) in [7, 11) is 1.65. The zero-order chi connectivity index (χ0) is 14.2. The highest BCUT2D eigenvalue weighted by atomic mass is 16.5. The lowest BCUT2D eigenvalue weighted by molar-refractivity contribution is 0.322. The van der Waals surface area contributed by atoms with E-state index in [1.165, 1.54) is 32.1 Å². The zero-order valence-electron chi connectivity index (χ0n) is 12.2. The second-order valence-electron chi connectivity index (χ2n) is 5.16. The molecule has 0 atom stereocenters. The molecule has 0 aromatic heterocycles. The summed E-state index contributed by atoms with van der Waals surface area (Å²) in [5, 5.41) is 3.62. The van der Waals surface area contributed by atoms with Gasteiger partial charge in [0, 0.05) is 18.2 Å². The molecule has 3 heteroatoms. The molecule has 0 amide bonds. The third-order valence-electron chi connectivity index (χ3n) is 3.77. The van der Waals surface area contributed by atoms with Crippen LogP contribution in [0.5, 0.6) is 11.5 Å². The van der Waals surface area contributed by atoms with Crippen LogP contribution >= 0.6 is 0 Å². The van der Waals surface area contributed by atoms with Crippen molar-refractivity contribution in [2.75, 3.05) is 13.7 Å². The summed E-state index contributed by atoms with van der Waals surface area (Å²) in [4.78, 5) is 0. The minimum Gasteiger partial charge on any atom is -0.493 e. The molecule has 1 aliphatic carbocycles. The van der Waals surface area contributed by atoms with Crippen LogP contribution in [0, 0.1) is 12.3 Å². The Morgan fingerprint density at radius 2 is 2.10 bits per heavy atom. The Morgan fingerprint density at radius 1 is 1.30 bits per heavy atom. The number of ether oxygens (including phenoxy) is 2. The Balaban J connectivity index is 2.03. The zero-order valence-corrected chi connectivity index (χ0v) is 12.2. The Hall–Kier alpha value is -1.66. The monoisotopic (exact) mass is 273 g/mol. The molecule has 2 rings (SSSR count). The smallest absolute Gasteiger partial charge is 0.167 e. The van der Waals surface area contributed by atoms with Crippen molar-refractivity contribution < 1.29 is 9.47 Å². The summed E-state index contributed by atoms with van der Waals surface area (Å²) in [5.41, 5.74) is 1.10. The molecule has 0 radical (unpaired) electrons. The Kier molecular flexibility index (Phi) is 5.76. The van der Waals surface area contributed by atoms with E-state index < -0.39 is 0 Å². The molecule has 1 aromatic rings. The van der Waals surface area contributed by atoms with Crippen LogP contribution in [0.1, 0.15) is 37.7 Å². The molecule has 0 aliphatic heterocycles. The van der Waals surface area contributed by atoms with Gasteiger partial charge >= 0.3 is 0 Å². The van der Waals surface area contributed by atoms with Crippen LogP contribution in [0.25, 0.3) is 0 Å². The lowest BCUT2D eigenvalue weighted by Crippen LogP contribution is -2.30. The minimum atomic E-state index is 0.261. The lowest BCUT2D eigenvalue weighted by atomic mass is 9.95. The van der Waals surface area contributed by atoms with E-state index in [1.807, 2.05) is 12.1 Å². The standard InChI is InChI=1S/C17H23NO2/c1-3-12-20-17-14(8-7-11-16(17)19-2)13-18-15-9-5-4-6-10-15/h1,7-8,11,15,18H,4-6,9-10,12-13H2,2H3. The third-order valence-corrected chi connectivity index (χ3v) is 3.77. The number of terminal acetylenes is 1. The van der Waals surface area contributed by atoms with Crippen molar-refractivity contribution in [2.24, 2.45) is 0 Å². The summed E-state index contributed by atoms with van der Waals surface area (Å²) in [6, 6.07) is 6.56. The van der Waals surface area contributed by atoms with Gasteiger partial charge in [-0.3, -0.25) is 0 Å². The summed E-state index contributed by atoms with van der Waals surface area (Å²) in [6.07, 6.45) is 11.8. The Bertz CT molecular complexity index is 459. The highest BCUT2D eigenvalue weighted by Crippen LogP contribution is 2.31. The van der Waals surface area contributed by atoms with E-state index in [9.17, 15) is 0 Å². The van der Waals surface area contributed by atoms with E-state index >= 15 is 0 Å². The van der Waals surface area contributed by atoms with E-state index in [0.717, 1.165) is 23.6 Å². The molecule has 0 spiro atoms. The molecular formula is C17H23NO2. The third kappa shape index (κ3) is 3.91. The number of hydrogen-bond acceptors (Lipinski definition) is 3. The molecule has 1 aromatic carbocycles. The molecule has 0 bridgehead atoms. The van der Waals surface area contributed by atoms with Gasteiger partial charge in [0.1, 0.15) is 6.61 Å². The molecule has 0 heterocycles. The van der Waals surface area contributed by atoms with E-state index in [2.05, 4.69) is 17.3 Å². The van der Waals surface area contributed by atoms with E-state index in [0.29, 0.717) is 6.04 Å². The number of methoxy groups -OCH3 is 1. The minimum absolute atomic E-state index is 0.261. The van der Waals surface area contributed by atoms with Gasteiger partial charge in [-0.05, 0) is 18.9 Å². The summed E-state index contributed by atoms with van der Waals surface area (Å²) in [6.45, 7) is 1.05. The molecule has 1 saturated carbocycles. The number of nitrogens with one attached hydrogen (secondary N) is 1. The van der Waals surface area contributed by atoms with Crippen molar-refractivity contribution in [1.82, 2.24) is 5.32 Å². The van der Waals surface area contributed by atoms with Gasteiger partial charge in [-0.15, -0.1) is 6.42 Å². The first-order chi connectivity index (χ1) is 9.85. The topological polar surface area (TPSA) is 30.5 Å². The van der Waals surface area contributed by atoms with Gasteiger partial charge in [0.2, 0.25) is 0 Å². The maximum atomic E-state index is 5.65. The average Bonchev–Trinajstić information content (AvgIpc) is 2.52. The molecule has 0 unspecified atom stereocenters. The molecule has 0 saturated heterocycles. The van der Waals surface area contributed by atoms with E-state index in [-0.39, 0.29) is 6.61 Å². The van der Waals surface area contributed by atoms with Gasteiger partial charge in [-0.1, -0.05) is 37.3 Å². The summed E-state index contributed by atoms with van der Waals surface area (Å²) in [5.74, 6) is 4.00. The second-order valence-corrected chi connectivity index (χ2v) is 5.16. The molecular weight excluding hydrogens is 250 g/mol. The maximum Gasteiger partial charge on any atom is 0.167 e. The van der Waals surface area contributed by atoms with E-state index in [4.69, 9.17) is 15.9 Å². The fourth-order valence-electron chi connectivity index (χ4n) is 2.70. The van der Waals surface area contributed by atoms with Crippen LogP contribution in [0.15, 0.2) is 18.2 Å². The quantitative estimate of drug-likeness (QED) is 0.808. The van der Waals surface area contributed by atoms with Gasteiger partial charge < -0.3 is 14.8 Å². The van der Waals surface area contributed by atoms with Crippen molar-refractivity contribution >= 4 is 0 Å². The van der Waals surface area contributed by atoms with Crippen molar-refractivity contribution in [1.29, 1.82) is 0 Å². The van der Waals surface area contributed by atoms with Crippen molar-refractivity contribution in [2.45, 2.75) is 44.7 Å². The Morgan fingerprint density at radius 3 is 2.80 bits per heavy atom. The van der Waals surface area contributed by atoms with Crippen molar-refractivity contribution in [3.8, 4) is 23.8 Å². The molecule has 1 aliphatic rings. The van der Waals surface area contributed by atoms with Crippen LogP contribution < -0.4 is 14.8 Å². The normalized spacial score (nSPS) is 15.6. The van der Waals surface area contributed by atoms with Gasteiger partial charge in [0.15, 0.2) is 11.5 Å². The highest BCUT2D eigenvalue weighted by Gasteiger charge is 2.15. The molecule has 20 heavy (non-hydrogen) atoms. The fraction of sp³-hybridized carbons (Fsp3) is 0.529. The predicted octanol–water partition coefficient (Wildman–Crippen LogP) is 3.13. The van der Waals surface area contributed by atoms with Crippen LogP contribution in [0.4, 0.5) is 0 Å². The number of benzene rings is 1. The van der Waals surface area contributed by atoms with Crippen molar-refractivity contribution in [3.05, 3.63) is 23.8 Å². The first-order valence-electron chi connectivity index (χ1n) is 7.30. The highest BCUT2D eigenvalue weighted by molar-refractivity contribution is 5.46. The average molecular weight is 273 g/mol. The van der Waals surface area contributed by atoms with Crippen LogP contribution in [-0.4, -0.2) is 19.8 Å². The first-order valence-corrected chi connectivity index (χ1v) is 7.30. The SMILES string of the molecule is C#CCOc1c(CNC2CCCCC2)cccc1OC. The second kappa shape index (κ2) is 7.81. The van der Waals surface area contributed by atoms with Gasteiger partial charge in [0.25, 0.3) is 0 Å². The molecule has 1 fully saturated rings. The summed E-state index contributed by atoms with van der Waals surface area (Å²) >= 11 is 0. The van der Waals surface area contributed by atoms with Crippen LogP contribution in [0.3, 0.4) is 0 Å². The molecule has 1 N–H and O–H groups in total. The van der Waals surface area contributed by atoms with Gasteiger partial charge in [-0.25, -0.2) is 0 Å². The molecule has 3 nitrogen and oxygen atoms in total. The Labute approximate surface area is 121 Å². The van der Waals surface area contributed by atoms with Crippen LogP contribution in [0.2, 0.25) is 0 Å². The number of hydrogen-bond donors (Lipinski definition) is 1.